The number of nitrogens with one attached hydrogen (secondary N) is 1. The molecule has 0 fully saturated rings. The van der Waals surface area contributed by atoms with E-state index in [2.05, 4.69) is 15.4 Å². The van der Waals surface area contributed by atoms with Crippen molar-refractivity contribution in [1.82, 2.24) is 14.8 Å². The highest BCUT2D eigenvalue weighted by Crippen LogP contribution is 2.27. The van der Waals surface area contributed by atoms with Crippen molar-refractivity contribution in [3.8, 4) is 5.13 Å². The number of aromatic nitrogens is 3. The number of hydrogen-bond donors (Lipinski definition) is 1. The monoisotopic (exact) mass is 352 g/mol. The molecule has 0 aliphatic heterocycles. The third-order valence-electron chi connectivity index (χ3n) is 3.62. The summed E-state index contributed by atoms with van der Waals surface area (Å²) in [5.41, 5.74) is 1.86. The van der Waals surface area contributed by atoms with Crippen molar-refractivity contribution in [3.05, 3.63) is 71.7 Å². The van der Waals surface area contributed by atoms with Crippen LogP contribution in [0.15, 0.2) is 54.6 Å². The van der Waals surface area contributed by atoms with Gasteiger partial charge in [-0.25, -0.2) is 9.37 Å². The Morgan fingerprint density at radius 3 is 2.80 bits per heavy atom. The molecule has 7 heteroatoms. The van der Waals surface area contributed by atoms with Gasteiger partial charge in [-0.3, -0.25) is 4.79 Å². The lowest BCUT2D eigenvalue weighted by molar-refractivity contribution is 0.102. The number of thiazole rings is 1. The molecule has 5 nitrogen and oxygen atoms in total. The predicted octanol–water partition coefficient (Wildman–Crippen LogP) is 4.18. The average Bonchev–Trinajstić information content (AvgIpc) is 3.17. The van der Waals surface area contributed by atoms with Crippen molar-refractivity contribution < 1.29 is 9.18 Å². The lowest BCUT2D eigenvalue weighted by atomic mass is 10.2. The molecule has 0 atom stereocenters. The van der Waals surface area contributed by atoms with Crippen LogP contribution in [-0.2, 0) is 0 Å². The van der Waals surface area contributed by atoms with Gasteiger partial charge in [-0.1, -0.05) is 29.5 Å². The third kappa shape index (κ3) is 3.01. The van der Waals surface area contributed by atoms with Crippen molar-refractivity contribution >= 4 is 33.3 Å². The molecule has 2 heterocycles. The topological polar surface area (TPSA) is 59.8 Å². The summed E-state index contributed by atoms with van der Waals surface area (Å²) in [5, 5.41) is 7.85. The zero-order valence-electron chi connectivity index (χ0n) is 13.2. The van der Waals surface area contributed by atoms with E-state index in [0.717, 1.165) is 15.9 Å². The Morgan fingerprint density at radius 1 is 1.16 bits per heavy atom. The standard InChI is InChI=1S/C18H13FN4OS/c1-11-9-16(21-17(24)12-5-4-6-13(19)10-12)23(22-11)18-20-14-7-2-3-8-15(14)25-18/h2-10H,1H3,(H,21,24). The Bertz CT molecular complexity index is 1050. The highest BCUT2D eigenvalue weighted by Gasteiger charge is 2.15. The second-order valence-corrected chi connectivity index (χ2v) is 6.52. The van der Waals surface area contributed by atoms with E-state index in [1.165, 1.54) is 29.5 Å². The highest BCUT2D eigenvalue weighted by molar-refractivity contribution is 7.20. The van der Waals surface area contributed by atoms with Crippen LogP contribution in [0.5, 0.6) is 0 Å². The van der Waals surface area contributed by atoms with E-state index in [1.807, 2.05) is 31.2 Å². The lowest BCUT2D eigenvalue weighted by Crippen LogP contribution is -2.15. The smallest absolute Gasteiger partial charge is 0.256 e. The van der Waals surface area contributed by atoms with Gasteiger partial charge in [-0.2, -0.15) is 9.78 Å². The first kappa shape index (κ1) is 15.5. The molecule has 2 aromatic carbocycles. The largest absolute Gasteiger partial charge is 0.306 e. The van der Waals surface area contributed by atoms with E-state index in [0.29, 0.717) is 10.9 Å². The Balaban J connectivity index is 1.70. The average molecular weight is 352 g/mol. The lowest BCUT2D eigenvalue weighted by Gasteiger charge is -2.06. The summed E-state index contributed by atoms with van der Waals surface area (Å²) in [4.78, 5) is 17.0. The maximum atomic E-state index is 13.3. The fraction of sp³-hybridized carbons (Fsp3) is 0.0556. The molecule has 0 unspecified atom stereocenters. The fourth-order valence-electron chi connectivity index (χ4n) is 2.50. The van der Waals surface area contributed by atoms with Crippen LogP contribution in [0.2, 0.25) is 0 Å². The Kier molecular flexibility index (Phi) is 3.77. The summed E-state index contributed by atoms with van der Waals surface area (Å²) in [6, 6.07) is 15.1. The van der Waals surface area contributed by atoms with Gasteiger partial charge in [0.2, 0.25) is 5.13 Å². The number of fused-ring (bicyclic) bond motifs is 1. The number of carbonyl (C=O) groups is 1. The summed E-state index contributed by atoms with van der Waals surface area (Å²) in [5.74, 6) is -0.365. The van der Waals surface area contributed by atoms with Crippen LogP contribution in [0.25, 0.3) is 15.3 Å². The maximum Gasteiger partial charge on any atom is 0.256 e. The predicted molar refractivity (Wildman–Crippen MR) is 95.8 cm³/mol. The summed E-state index contributed by atoms with van der Waals surface area (Å²) in [6.45, 7) is 1.83. The molecule has 0 saturated heterocycles. The molecule has 2 aromatic heterocycles. The molecule has 0 bridgehead atoms. The number of amides is 1. The van der Waals surface area contributed by atoms with Crippen LogP contribution in [0.1, 0.15) is 16.1 Å². The Labute approximate surface area is 146 Å². The minimum atomic E-state index is -0.455. The van der Waals surface area contributed by atoms with Crippen molar-refractivity contribution in [1.29, 1.82) is 0 Å². The number of rotatable bonds is 3. The molecule has 0 saturated carbocycles. The van der Waals surface area contributed by atoms with E-state index in [1.54, 1.807) is 16.8 Å². The van der Waals surface area contributed by atoms with Crippen molar-refractivity contribution in [3.63, 3.8) is 0 Å². The van der Waals surface area contributed by atoms with Gasteiger partial charge in [0.15, 0.2) is 0 Å². The number of anilines is 1. The van der Waals surface area contributed by atoms with E-state index in [4.69, 9.17) is 0 Å². The minimum absolute atomic E-state index is 0.245. The molecular formula is C18H13FN4OS. The van der Waals surface area contributed by atoms with Gasteiger partial charge in [0.1, 0.15) is 11.6 Å². The number of hydrogen-bond acceptors (Lipinski definition) is 4. The van der Waals surface area contributed by atoms with Crippen LogP contribution < -0.4 is 5.32 Å². The van der Waals surface area contributed by atoms with Gasteiger partial charge < -0.3 is 5.32 Å². The first-order valence-corrected chi connectivity index (χ1v) is 8.41. The van der Waals surface area contributed by atoms with Gasteiger partial charge in [0.25, 0.3) is 5.91 Å². The van der Waals surface area contributed by atoms with E-state index in [-0.39, 0.29) is 5.56 Å². The molecule has 0 radical (unpaired) electrons. The SMILES string of the molecule is Cc1cc(NC(=O)c2cccc(F)c2)n(-c2nc3ccccc3s2)n1. The third-order valence-corrected chi connectivity index (χ3v) is 4.64. The molecule has 0 spiro atoms. The molecule has 0 aliphatic carbocycles. The summed E-state index contributed by atoms with van der Waals surface area (Å²) >= 11 is 1.48. The second-order valence-electron chi connectivity index (χ2n) is 5.51. The normalized spacial score (nSPS) is 11.0. The Morgan fingerprint density at radius 2 is 2.00 bits per heavy atom. The van der Waals surface area contributed by atoms with Gasteiger partial charge in [-0.05, 0) is 37.3 Å². The first-order chi connectivity index (χ1) is 12.1. The molecule has 0 aliphatic rings. The number of carbonyl (C=O) groups excluding carboxylic acids is 1. The van der Waals surface area contributed by atoms with Crippen molar-refractivity contribution in [2.75, 3.05) is 5.32 Å². The fourth-order valence-corrected chi connectivity index (χ4v) is 3.43. The van der Waals surface area contributed by atoms with Crippen LogP contribution in [0.3, 0.4) is 0 Å². The number of halogens is 1. The van der Waals surface area contributed by atoms with Gasteiger partial charge in [0.05, 0.1) is 15.9 Å². The van der Waals surface area contributed by atoms with Crippen molar-refractivity contribution in [2.45, 2.75) is 6.92 Å². The zero-order valence-corrected chi connectivity index (χ0v) is 14.0. The molecule has 4 aromatic rings. The molecule has 25 heavy (non-hydrogen) atoms. The van der Waals surface area contributed by atoms with Gasteiger partial charge >= 0.3 is 0 Å². The van der Waals surface area contributed by atoms with E-state index in [9.17, 15) is 9.18 Å². The summed E-state index contributed by atoms with van der Waals surface area (Å²) in [7, 11) is 0. The zero-order chi connectivity index (χ0) is 17.4. The summed E-state index contributed by atoms with van der Waals surface area (Å²) < 4.78 is 16.0. The molecule has 124 valence electrons. The number of aryl methyl sites for hydroxylation is 1. The van der Waals surface area contributed by atoms with Crippen LogP contribution >= 0.6 is 11.3 Å². The summed E-state index contributed by atoms with van der Waals surface area (Å²) in [6.07, 6.45) is 0. The van der Waals surface area contributed by atoms with E-state index < -0.39 is 11.7 Å². The van der Waals surface area contributed by atoms with Gasteiger partial charge in [0, 0.05) is 11.6 Å². The molecule has 4 rings (SSSR count). The number of benzene rings is 2. The number of para-hydroxylation sites is 1. The highest BCUT2D eigenvalue weighted by atomic mass is 32.1. The van der Waals surface area contributed by atoms with Crippen LogP contribution in [0, 0.1) is 12.7 Å². The van der Waals surface area contributed by atoms with Crippen molar-refractivity contribution in [2.24, 2.45) is 0 Å². The van der Waals surface area contributed by atoms with Crippen LogP contribution in [0.4, 0.5) is 10.2 Å². The van der Waals surface area contributed by atoms with Gasteiger partial charge in [-0.15, -0.1) is 0 Å². The van der Waals surface area contributed by atoms with Crippen LogP contribution in [-0.4, -0.2) is 20.7 Å². The Hall–Kier alpha value is -3.06. The molecule has 1 amide bonds. The molecular weight excluding hydrogens is 339 g/mol. The quantitative estimate of drug-likeness (QED) is 0.602. The number of nitrogens with zero attached hydrogens (tertiary/aromatic N) is 3. The van der Waals surface area contributed by atoms with E-state index >= 15 is 0 Å². The maximum absolute atomic E-state index is 13.3. The second kappa shape index (κ2) is 6.10. The molecule has 1 N–H and O–H groups in total. The minimum Gasteiger partial charge on any atom is -0.306 e. The first-order valence-electron chi connectivity index (χ1n) is 7.60.